The summed E-state index contributed by atoms with van der Waals surface area (Å²) in [7, 11) is 1.80. The van der Waals surface area contributed by atoms with E-state index < -0.39 is 0 Å². The highest BCUT2D eigenvalue weighted by Crippen LogP contribution is 1.76. The Hall–Kier alpha value is -0.0800. The van der Waals surface area contributed by atoms with E-state index in [0.29, 0.717) is 6.54 Å². The van der Waals surface area contributed by atoms with E-state index in [0.717, 1.165) is 0 Å². The Morgan fingerprint density at radius 3 is 1.67 bits per heavy atom. The first-order chi connectivity index (χ1) is 4.33. The van der Waals surface area contributed by atoms with Crippen molar-refractivity contribution in [1.82, 2.24) is 5.32 Å². The molecule has 0 spiro atoms. The zero-order chi connectivity index (χ0) is 7.54. The predicted octanol–water partition coefficient (Wildman–Crippen LogP) is 1.00. The summed E-state index contributed by atoms with van der Waals surface area (Å²) in [6.07, 6.45) is 2.64. The summed E-state index contributed by atoms with van der Waals surface area (Å²) < 4.78 is 0. The Morgan fingerprint density at radius 1 is 1.22 bits per heavy atom. The minimum atomic E-state index is 0.233. The molecular weight excluding hydrogens is 114 g/mol. The Bertz CT molecular complexity index is 28.1. The molecule has 0 aliphatic heterocycles. The third-order valence-corrected chi connectivity index (χ3v) is 0.862. The molecule has 0 heterocycles. The molecule has 9 heavy (non-hydrogen) atoms. The van der Waals surface area contributed by atoms with Gasteiger partial charge in [0.15, 0.2) is 0 Å². The van der Waals surface area contributed by atoms with Gasteiger partial charge in [-0.25, -0.2) is 0 Å². The van der Waals surface area contributed by atoms with Crippen molar-refractivity contribution in [3.05, 3.63) is 0 Å². The number of unbranched alkanes of at least 4 members (excludes halogenated alkanes) is 1. The fourth-order valence-corrected chi connectivity index (χ4v) is 0.112. The molecular formula is C7H19NO. The second kappa shape index (κ2) is 15.7. The average molecular weight is 133 g/mol. The summed E-state index contributed by atoms with van der Waals surface area (Å²) in [5, 5.41) is 10.8. The molecule has 0 aliphatic carbocycles. The lowest BCUT2D eigenvalue weighted by Gasteiger charge is -1.84. The number of aliphatic hydroxyl groups excluding tert-OH is 1. The highest BCUT2D eigenvalue weighted by Gasteiger charge is 1.65. The second-order valence-electron chi connectivity index (χ2n) is 1.83. The van der Waals surface area contributed by atoms with Gasteiger partial charge in [-0.05, 0) is 7.05 Å². The summed E-state index contributed by atoms with van der Waals surface area (Å²) in [4.78, 5) is 0. The van der Waals surface area contributed by atoms with Gasteiger partial charge in [-0.1, -0.05) is 26.7 Å². The molecule has 0 amide bonds. The van der Waals surface area contributed by atoms with Crippen LogP contribution in [0, 0.1) is 0 Å². The maximum Gasteiger partial charge on any atom is 0.0555 e. The first kappa shape index (κ1) is 11.7. The smallest absolute Gasteiger partial charge is 0.0555 e. The highest BCUT2D eigenvalue weighted by atomic mass is 16.3. The fourth-order valence-electron chi connectivity index (χ4n) is 0.112. The number of likely N-dealkylation sites (N-methyl/N-ethyl adjacent to an activating group) is 1. The van der Waals surface area contributed by atoms with E-state index in [2.05, 4.69) is 19.2 Å². The van der Waals surface area contributed by atoms with Crippen LogP contribution in [-0.2, 0) is 0 Å². The van der Waals surface area contributed by atoms with E-state index in [1.807, 2.05) is 0 Å². The highest BCUT2D eigenvalue weighted by molar-refractivity contribution is 4.27. The molecule has 0 saturated heterocycles. The van der Waals surface area contributed by atoms with Crippen molar-refractivity contribution >= 4 is 0 Å². The summed E-state index contributed by atoms with van der Waals surface area (Å²) in [5.74, 6) is 0. The zero-order valence-electron chi connectivity index (χ0n) is 6.78. The molecule has 0 atom stereocenters. The van der Waals surface area contributed by atoms with Crippen molar-refractivity contribution in [2.24, 2.45) is 0 Å². The zero-order valence-corrected chi connectivity index (χ0v) is 6.78. The first-order valence-corrected chi connectivity index (χ1v) is 3.58. The Labute approximate surface area is 58.3 Å². The van der Waals surface area contributed by atoms with Crippen molar-refractivity contribution < 1.29 is 5.11 Å². The maximum absolute atomic E-state index is 8.00. The van der Waals surface area contributed by atoms with Crippen molar-refractivity contribution in [2.45, 2.75) is 26.7 Å². The molecule has 0 aromatic heterocycles. The van der Waals surface area contributed by atoms with Crippen molar-refractivity contribution in [2.75, 3.05) is 20.2 Å². The Kier molecular flexibility index (Phi) is 20.3. The standard InChI is InChI=1S/C4H10.C3H9NO/c1-3-4-2;1-4-2-3-5/h3-4H2,1-2H3;4-5H,2-3H2,1H3. The van der Waals surface area contributed by atoms with Crippen LogP contribution >= 0.6 is 0 Å². The lowest BCUT2D eigenvalue weighted by atomic mass is 10.4. The van der Waals surface area contributed by atoms with E-state index in [1.165, 1.54) is 12.8 Å². The predicted molar refractivity (Wildman–Crippen MR) is 41.6 cm³/mol. The van der Waals surface area contributed by atoms with Crippen molar-refractivity contribution in [3.63, 3.8) is 0 Å². The molecule has 0 fully saturated rings. The van der Waals surface area contributed by atoms with Gasteiger partial charge in [0.1, 0.15) is 0 Å². The van der Waals surface area contributed by atoms with Crippen molar-refractivity contribution in [3.8, 4) is 0 Å². The van der Waals surface area contributed by atoms with Gasteiger partial charge in [0.25, 0.3) is 0 Å². The van der Waals surface area contributed by atoms with Crippen LogP contribution in [0.3, 0.4) is 0 Å². The summed E-state index contributed by atoms with van der Waals surface area (Å²) in [6.45, 7) is 5.29. The molecule has 0 aromatic rings. The average Bonchev–Trinajstić information content (AvgIpc) is 1.91. The third-order valence-electron chi connectivity index (χ3n) is 0.862. The molecule has 2 nitrogen and oxygen atoms in total. The molecule has 0 radical (unpaired) electrons. The molecule has 0 bridgehead atoms. The monoisotopic (exact) mass is 133 g/mol. The molecule has 0 saturated carbocycles. The molecule has 2 heteroatoms. The maximum atomic E-state index is 8.00. The van der Waals surface area contributed by atoms with Gasteiger partial charge in [-0.2, -0.15) is 0 Å². The number of nitrogens with one attached hydrogen (secondary N) is 1. The number of hydrogen-bond acceptors (Lipinski definition) is 2. The van der Waals surface area contributed by atoms with E-state index in [4.69, 9.17) is 5.11 Å². The second-order valence-corrected chi connectivity index (χ2v) is 1.83. The largest absolute Gasteiger partial charge is 0.395 e. The van der Waals surface area contributed by atoms with Crippen LogP contribution in [0.2, 0.25) is 0 Å². The van der Waals surface area contributed by atoms with Gasteiger partial charge in [-0.15, -0.1) is 0 Å². The van der Waals surface area contributed by atoms with Crippen LogP contribution in [0.5, 0.6) is 0 Å². The molecule has 0 rings (SSSR count). The molecule has 2 N–H and O–H groups in total. The number of aliphatic hydroxyl groups is 1. The lowest BCUT2D eigenvalue weighted by molar-refractivity contribution is 0.296. The first-order valence-electron chi connectivity index (χ1n) is 3.58. The van der Waals surface area contributed by atoms with Crippen LogP contribution in [0.15, 0.2) is 0 Å². The van der Waals surface area contributed by atoms with Gasteiger partial charge >= 0.3 is 0 Å². The summed E-state index contributed by atoms with van der Waals surface area (Å²) in [5.41, 5.74) is 0. The van der Waals surface area contributed by atoms with Crippen LogP contribution in [-0.4, -0.2) is 25.3 Å². The van der Waals surface area contributed by atoms with Gasteiger partial charge < -0.3 is 10.4 Å². The molecule has 0 unspecified atom stereocenters. The molecule has 58 valence electrons. The lowest BCUT2D eigenvalue weighted by Crippen LogP contribution is -2.10. The number of rotatable bonds is 3. The van der Waals surface area contributed by atoms with Crippen molar-refractivity contribution in [1.29, 1.82) is 0 Å². The summed E-state index contributed by atoms with van der Waals surface area (Å²) >= 11 is 0. The minimum absolute atomic E-state index is 0.233. The fraction of sp³-hybridized carbons (Fsp3) is 1.00. The van der Waals surface area contributed by atoms with Gasteiger partial charge in [0, 0.05) is 6.54 Å². The van der Waals surface area contributed by atoms with Crippen LogP contribution < -0.4 is 5.32 Å². The van der Waals surface area contributed by atoms with E-state index >= 15 is 0 Å². The summed E-state index contributed by atoms with van der Waals surface area (Å²) in [6, 6.07) is 0. The van der Waals surface area contributed by atoms with Crippen LogP contribution in [0.25, 0.3) is 0 Å². The van der Waals surface area contributed by atoms with E-state index in [-0.39, 0.29) is 6.61 Å². The number of hydrogen-bond donors (Lipinski definition) is 2. The van der Waals surface area contributed by atoms with Gasteiger partial charge in [-0.3, -0.25) is 0 Å². The quantitative estimate of drug-likeness (QED) is 0.602. The van der Waals surface area contributed by atoms with Gasteiger partial charge in [0.05, 0.1) is 6.61 Å². The molecule has 0 aromatic carbocycles. The van der Waals surface area contributed by atoms with Gasteiger partial charge in [0.2, 0.25) is 0 Å². The van der Waals surface area contributed by atoms with Crippen LogP contribution in [0.1, 0.15) is 26.7 Å². The normalized spacial score (nSPS) is 8.00. The van der Waals surface area contributed by atoms with E-state index in [1.54, 1.807) is 7.05 Å². The van der Waals surface area contributed by atoms with E-state index in [9.17, 15) is 0 Å². The third kappa shape index (κ3) is 32.6. The molecule has 0 aliphatic rings. The Morgan fingerprint density at radius 2 is 1.67 bits per heavy atom. The topological polar surface area (TPSA) is 32.3 Å². The minimum Gasteiger partial charge on any atom is -0.395 e. The van der Waals surface area contributed by atoms with Crippen LogP contribution in [0.4, 0.5) is 0 Å². The SMILES string of the molecule is CCCC.CNCCO. The Balaban J connectivity index is 0.